The van der Waals surface area contributed by atoms with Crippen LogP contribution in [0.4, 0.5) is 0 Å². The first-order valence-corrected chi connectivity index (χ1v) is 8.41. The van der Waals surface area contributed by atoms with E-state index in [4.69, 9.17) is 9.47 Å². The second kappa shape index (κ2) is 6.81. The first kappa shape index (κ1) is 16.8. The molecule has 0 radical (unpaired) electrons. The second-order valence-electron chi connectivity index (χ2n) is 7.15. The molecule has 0 saturated heterocycles. The molecule has 0 aliphatic heterocycles. The summed E-state index contributed by atoms with van der Waals surface area (Å²) in [6.45, 7) is 7.51. The van der Waals surface area contributed by atoms with E-state index >= 15 is 0 Å². The van der Waals surface area contributed by atoms with E-state index in [0.29, 0.717) is 18.5 Å². The Morgan fingerprint density at radius 1 is 1.17 bits per heavy atom. The second-order valence-corrected chi connectivity index (χ2v) is 7.15. The standard InChI is InChI=1S/C18H26N4O2/c1-18(2,3)22-17(11-19-13-5-6-13)20-16(21-22)12-24-15-9-7-14(23-4)8-10-15/h7-10,13,19H,5-6,11-12H2,1-4H3. The average Bonchev–Trinajstić information content (AvgIpc) is 3.29. The molecule has 6 nitrogen and oxygen atoms in total. The summed E-state index contributed by atoms with van der Waals surface area (Å²) in [5, 5.41) is 8.15. The molecule has 1 aromatic carbocycles. The van der Waals surface area contributed by atoms with Crippen molar-refractivity contribution in [3.63, 3.8) is 0 Å². The van der Waals surface area contributed by atoms with E-state index in [9.17, 15) is 0 Å². The zero-order valence-electron chi connectivity index (χ0n) is 14.9. The van der Waals surface area contributed by atoms with Crippen molar-refractivity contribution in [1.82, 2.24) is 20.1 Å². The SMILES string of the molecule is COc1ccc(OCc2nc(CNC3CC3)n(C(C)(C)C)n2)cc1. The fourth-order valence-corrected chi connectivity index (χ4v) is 2.45. The van der Waals surface area contributed by atoms with Crippen LogP contribution >= 0.6 is 0 Å². The molecule has 1 fully saturated rings. The molecule has 24 heavy (non-hydrogen) atoms. The third-order valence-electron chi connectivity index (χ3n) is 3.91. The van der Waals surface area contributed by atoms with E-state index in [2.05, 4.69) is 36.2 Å². The maximum atomic E-state index is 5.80. The number of ether oxygens (including phenoxy) is 2. The zero-order chi connectivity index (χ0) is 17.2. The molecule has 1 heterocycles. The van der Waals surface area contributed by atoms with Gasteiger partial charge in [-0.25, -0.2) is 9.67 Å². The van der Waals surface area contributed by atoms with Crippen molar-refractivity contribution in [3.05, 3.63) is 35.9 Å². The summed E-state index contributed by atoms with van der Waals surface area (Å²) in [7, 11) is 1.65. The van der Waals surface area contributed by atoms with Crippen LogP contribution in [0.2, 0.25) is 0 Å². The van der Waals surface area contributed by atoms with Gasteiger partial charge in [0.05, 0.1) is 19.2 Å². The monoisotopic (exact) mass is 330 g/mol. The van der Waals surface area contributed by atoms with Gasteiger partial charge in [-0.1, -0.05) is 0 Å². The Balaban J connectivity index is 1.67. The molecule has 6 heteroatoms. The van der Waals surface area contributed by atoms with E-state index in [0.717, 1.165) is 23.9 Å². The Hall–Kier alpha value is -2.08. The van der Waals surface area contributed by atoms with Gasteiger partial charge in [-0.05, 0) is 57.9 Å². The lowest BCUT2D eigenvalue weighted by atomic mass is 10.1. The summed E-state index contributed by atoms with van der Waals surface area (Å²) < 4.78 is 12.9. The van der Waals surface area contributed by atoms with Gasteiger partial charge in [0.25, 0.3) is 0 Å². The normalized spacial score (nSPS) is 14.7. The predicted molar refractivity (Wildman–Crippen MR) is 92.2 cm³/mol. The van der Waals surface area contributed by atoms with Gasteiger partial charge in [-0.3, -0.25) is 0 Å². The van der Waals surface area contributed by atoms with Crippen LogP contribution in [-0.4, -0.2) is 27.9 Å². The third kappa shape index (κ3) is 4.26. The lowest BCUT2D eigenvalue weighted by Crippen LogP contribution is -2.28. The molecule has 0 atom stereocenters. The lowest BCUT2D eigenvalue weighted by Gasteiger charge is -2.21. The highest BCUT2D eigenvalue weighted by Crippen LogP contribution is 2.21. The van der Waals surface area contributed by atoms with Crippen molar-refractivity contribution in [2.75, 3.05) is 7.11 Å². The van der Waals surface area contributed by atoms with E-state index in [1.54, 1.807) is 7.11 Å². The highest BCUT2D eigenvalue weighted by Gasteiger charge is 2.24. The van der Waals surface area contributed by atoms with Crippen LogP contribution in [0, 0.1) is 0 Å². The Bertz CT molecular complexity index is 669. The number of nitrogens with zero attached hydrogens (tertiary/aromatic N) is 3. The molecule has 0 unspecified atom stereocenters. The van der Waals surface area contributed by atoms with Gasteiger partial charge >= 0.3 is 0 Å². The Labute approximate surface area is 143 Å². The summed E-state index contributed by atoms with van der Waals surface area (Å²) in [5.41, 5.74) is -0.105. The highest BCUT2D eigenvalue weighted by atomic mass is 16.5. The van der Waals surface area contributed by atoms with Crippen molar-refractivity contribution in [1.29, 1.82) is 0 Å². The average molecular weight is 330 g/mol. The molecule has 1 aromatic heterocycles. The Kier molecular flexibility index (Phi) is 4.76. The smallest absolute Gasteiger partial charge is 0.188 e. The van der Waals surface area contributed by atoms with Crippen molar-refractivity contribution >= 4 is 0 Å². The molecule has 2 aromatic rings. The van der Waals surface area contributed by atoms with Gasteiger partial charge in [-0.15, -0.1) is 0 Å². The van der Waals surface area contributed by atoms with Crippen molar-refractivity contribution in [3.8, 4) is 11.5 Å². The van der Waals surface area contributed by atoms with Crippen LogP contribution in [0.15, 0.2) is 24.3 Å². The minimum atomic E-state index is -0.105. The number of benzene rings is 1. The molecule has 1 aliphatic rings. The van der Waals surface area contributed by atoms with Gasteiger partial charge in [0.2, 0.25) is 0 Å². The topological polar surface area (TPSA) is 61.2 Å². The number of nitrogens with one attached hydrogen (secondary N) is 1. The molecular formula is C18H26N4O2. The van der Waals surface area contributed by atoms with Gasteiger partial charge in [0.1, 0.15) is 23.9 Å². The van der Waals surface area contributed by atoms with Crippen LogP contribution in [-0.2, 0) is 18.7 Å². The molecule has 1 aliphatic carbocycles. The van der Waals surface area contributed by atoms with Crippen LogP contribution < -0.4 is 14.8 Å². The first-order valence-electron chi connectivity index (χ1n) is 8.41. The van der Waals surface area contributed by atoms with Crippen molar-refractivity contribution in [2.24, 2.45) is 0 Å². The summed E-state index contributed by atoms with van der Waals surface area (Å²) in [6, 6.07) is 8.17. The van der Waals surface area contributed by atoms with Gasteiger partial charge in [0.15, 0.2) is 5.82 Å². The molecule has 1 N–H and O–H groups in total. The van der Waals surface area contributed by atoms with Crippen molar-refractivity contribution < 1.29 is 9.47 Å². The Morgan fingerprint density at radius 2 is 1.83 bits per heavy atom. The van der Waals surface area contributed by atoms with E-state index in [1.807, 2.05) is 28.9 Å². The first-order chi connectivity index (χ1) is 11.5. The Morgan fingerprint density at radius 3 is 2.42 bits per heavy atom. The number of methoxy groups -OCH3 is 1. The van der Waals surface area contributed by atoms with Crippen molar-refractivity contribution in [2.45, 2.75) is 58.3 Å². The van der Waals surface area contributed by atoms with Crippen LogP contribution in [0.3, 0.4) is 0 Å². The van der Waals surface area contributed by atoms with E-state index < -0.39 is 0 Å². The fraction of sp³-hybridized carbons (Fsp3) is 0.556. The van der Waals surface area contributed by atoms with E-state index in [1.165, 1.54) is 12.8 Å². The highest BCUT2D eigenvalue weighted by molar-refractivity contribution is 5.31. The van der Waals surface area contributed by atoms with Gasteiger partial charge in [0, 0.05) is 6.04 Å². The summed E-state index contributed by atoms with van der Waals surface area (Å²) in [6.07, 6.45) is 2.52. The molecule has 0 amide bonds. The summed E-state index contributed by atoms with van der Waals surface area (Å²) in [4.78, 5) is 4.66. The van der Waals surface area contributed by atoms with Gasteiger partial charge < -0.3 is 14.8 Å². The molecule has 0 bridgehead atoms. The maximum absolute atomic E-state index is 5.80. The third-order valence-corrected chi connectivity index (χ3v) is 3.91. The van der Waals surface area contributed by atoms with Crippen LogP contribution in [0.1, 0.15) is 45.3 Å². The number of hydrogen-bond acceptors (Lipinski definition) is 5. The number of aromatic nitrogens is 3. The maximum Gasteiger partial charge on any atom is 0.188 e. The summed E-state index contributed by atoms with van der Waals surface area (Å²) >= 11 is 0. The molecular weight excluding hydrogens is 304 g/mol. The number of hydrogen-bond donors (Lipinski definition) is 1. The zero-order valence-corrected chi connectivity index (χ0v) is 14.9. The fourth-order valence-electron chi connectivity index (χ4n) is 2.45. The molecule has 1 saturated carbocycles. The molecule has 0 spiro atoms. The van der Waals surface area contributed by atoms with Crippen LogP contribution in [0.25, 0.3) is 0 Å². The minimum Gasteiger partial charge on any atom is -0.497 e. The quantitative estimate of drug-likeness (QED) is 0.846. The van der Waals surface area contributed by atoms with E-state index in [-0.39, 0.29) is 5.54 Å². The molecule has 3 rings (SSSR count). The minimum absolute atomic E-state index is 0.105. The summed E-state index contributed by atoms with van der Waals surface area (Å²) in [5.74, 6) is 3.25. The van der Waals surface area contributed by atoms with Gasteiger partial charge in [-0.2, -0.15) is 5.10 Å². The lowest BCUT2D eigenvalue weighted by molar-refractivity contribution is 0.288. The van der Waals surface area contributed by atoms with Crippen LogP contribution in [0.5, 0.6) is 11.5 Å². The molecule has 130 valence electrons. The number of rotatable bonds is 7. The largest absolute Gasteiger partial charge is 0.497 e. The predicted octanol–water partition coefficient (Wildman–Crippen LogP) is 2.87.